The van der Waals surface area contributed by atoms with Gasteiger partial charge in [-0.05, 0) is 36.2 Å². The molecule has 0 bridgehead atoms. The van der Waals surface area contributed by atoms with Crippen molar-refractivity contribution in [3.8, 4) is 5.75 Å². The Morgan fingerprint density at radius 3 is 2.68 bits per heavy atom. The summed E-state index contributed by atoms with van der Waals surface area (Å²) in [6.45, 7) is 2.62. The summed E-state index contributed by atoms with van der Waals surface area (Å²) in [4.78, 5) is 4.24. The number of phenols is 1. The van der Waals surface area contributed by atoms with Crippen molar-refractivity contribution in [3.05, 3.63) is 53.3 Å². The van der Waals surface area contributed by atoms with E-state index in [1.54, 1.807) is 12.3 Å². The molecule has 2 aromatic rings. The van der Waals surface area contributed by atoms with Gasteiger partial charge in [0.05, 0.1) is 11.9 Å². The minimum Gasteiger partial charge on any atom is -0.508 e. The fourth-order valence-corrected chi connectivity index (χ4v) is 1.76. The van der Waals surface area contributed by atoms with Gasteiger partial charge in [-0.3, -0.25) is 4.98 Å². The first-order chi connectivity index (χ1) is 9.19. The number of pyridine rings is 1. The highest BCUT2D eigenvalue weighted by Gasteiger charge is 1.99. The number of hydrogen-bond acceptors (Lipinski definition) is 4. The average Bonchev–Trinajstić information content (AvgIpc) is 2.42. The quantitative estimate of drug-likeness (QED) is 0.769. The van der Waals surface area contributed by atoms with Gasteiger partial charge in [0, 0.05) is 25.3 Å². The molecule has 3 N–H and O–H groups in total. The molecular formula is C15H18N2O2. The number of nitrogens with zero attached hydrogens (tertiary/aromatic N) is 1. The molecule has 2 rings (SSSR count). The normalized spacial score (nSPS) is 10.4. The monoisotopic (exact) mass is 258 g/mol. The van der Waals surface area contributed by atoms with E-state index in [0.717, 1.165) is 22.5 Å². The molecule has 0 atom stereocenters. The molecule has 4 heteroatoms. The van der Waals surface area contributed by atoms with Gasteiger partial charge in [-0.1, -0.05) is 12.1 Å². The van der Waals surface area contributed by atoms with Crippen molar-refractivity contribution in [2.75, 3.05) is 11.9 Å². The molecule has 4 nitrogen and oxygen atoms in total. The third kappa shape index (κ3) is 3.69. The third-order valence-corrected chi connectivity index (χ3v) is 2.96. The predicted molar refractivity (Wildman–Crippen MR) is 75.2 cm³/mol. The molecule has 0 spiro atoms. The molecule has 0 saturated carbocycles. The standard InChI is InChI=1S/C15H18N2O2/c1-11-2-3-12(8-15(11)19)9-16-14-5-4-13(6-7-18)17-10-14/h2-5,8,10,16,18-19H,6-7,9H2,1H3. The van der Waals surface area contributed by atoms with E-state index in [-0.39, 0.29) is 6.61 Å². The van der Waals surface area contributed by atoms with Crippen LogP contribution < -0.4 is 5.32 Å². The minimum absolute atomic E-state index is 0.114. The number of aromatic hydroxyl groups is 1. The van der Waals surface area contributed by atoms with E-state index >= 15 is 0 Å². The predicted octanol–water partition coefficient (Wildman–Crippen LogP) is 2.24. The van der Waals surface area contributed by atoms with E-state index in [9.17, 15) is 5.11 Å². The lowest BCUT2D eigenvalue weighted by Gasteiger charge is -2.08. The van der Waals surface area contributed by atoms with Crippen LogP contribution in [0, 0.1) is 6.92 Å². The van der Waals surface area contributed by atoms with Crippen LogP contribution in [0.3, 0.4) is 0 Å². The molecule has 0 aliphatic carbocycles. The lowest BCUT2D eigenvalue weighted by molar-refractivity contribution is 0.298. The highest BCUT2D eigenvalue weighted by Crippen LogP contribution is 2.18. The van der Waals surface area contributed by atoms with E-state index < -0.39 is 0 Å². The van der Waals surface area contributed by atoms with E-state index in [1.807, 2.05) is 31.2 Å². The number of aryl methyl sites for hydroxylation is 1. The molecule has 0 amide bonds. The summed E-state index contributed by atoms with van der Waals surface area (Å²) in [6.07, 6.45) is 2.32. The van der Waals surface area contributed by atoms with Gasteiger partial charge in [-0.25, -0.2) is 0 Å². The number of aromatic nitrogens is 1. The van der Waals surface area contributed by atoms with E-state index in [1.165, 1.54) is 0 Å². The summed E-state index contributed by atoms with van der Waals surface area (Å²) in [5.41, 5.74) is 3.68. The van der Waals surface area contributed by atoms with Gasteiger partial charge in [0.2, 0.25) is 0 Å². The summed E-state index contributed by atoms with van der Waals surface area (Å²) in [7, 11) is 0. The Morgan fingerprint density at radius 2 is 2.05 bits per heavy atom. The molecule has 100 valence electrons. The smallest absolute Gasteiger partial charge is 0.118 e. The van der Waals surface area contributed by atoms with Crippen LogP contribution in [0.15, 0.2) is 36.5 Å². The van der Waals surface area contributed by atoms with Crippen LogP contribution in [0.1, 0.15) is 16.8 Å². The van der Waals surface area contributed by atoms with Crippen LogP contribution >= 0.6 is 0 Å². The summed E-state index contributed by atoms with van der Waals surface area (Å²) in [5.74, 6) is 0.315. The lowest BCUT2D eigenvalue weighted by atomic mass is 10.1. The maximum Gasteiger partial charge on any atom is 0.118 e. The van der Waals surface area contributed by atoms with Crippen molar-refractivity contribution in [1.82, 2.24) is 4.98 Å². The van der Waals surface area contributed by atoms with Gasteiger partial charge in [0.15, 0.2) is 0 Å². The number of hydrogen-bond donors (Lipinski definition) is 3. The van der Waals surface area contributed by atoms with Crippen molar-refractivity contribution < 1.29 is 10.2 Å². The van der Waals surface area contributed by atoms with Gasteiger partial charge in [-0.2, -0.15) is 0 Å². The summed E-state index contributed by atoms with van der Waals surface area (Å²) in [6, 6.07) is 9.47. The van der Waals surface area contributed by atoms with Gasteiger partial charge in [-0.15, -0.1) is 0 Å². The molecule has 1 heterocycles. The Hall–Kier alpha value is -2.07. The first kappa shape index (κ1) is 13.4. The number of nitrogens with one attached hydrogen (secondary N) is 1. The van der Waals surface area contributed by atoms with Crippen LogP contribution in [0.2, 0.25) is 0 Å². The van der Waals surface area contributed by atoms with Crippen molar-refractivity contribution in [2.45, 2.75) is 19.9 Å². The van der Waals surface area contributed by atoms with Crippen LogP contribution in [-0.4, -0.2) is 21.8 Å². The summed E-state index contributed by atoms with van der Waals surface area (Å²) in [5, 5.41) is 21.7. The second-order valence-electron chi connectivity index (χ2n) is 4.49. The largest absolute Gasteiger partial charge is 0.508 e. The van der Waals surface area contributed by atoms with Crippen LogP contribution in [-0.2, 0) is 13.0 Å². The molecule has 0 fully saturated rings. The molecule has 0 aliphatic rings. The van der Waals surface area contributed by atoms with Crippen molar-refractivity contribution in [3.63, 3.8) is 0 Å². The maximum absolute atomic E-state index is 9.63. The van der Waals surface area contributed by atoms with E-state index in [2.05, 4.69) is 10.3 Å². The topological polar surface area (TPSA) is 65.4 Å². The SMILES string of the molecule is Cc1ccc(CNc2ccc(CCO)nc2)cc1O. The Morgan fingerprint density at radius 1 is 1.21 bits per heavy atom. The zero-order chi connectivity index (χ0) is 13.7. The number of aliphatic hydroxyl groups excluding tert-OH is 1. The molecule has 1 aromatic carbocycles. The van der Waals surface area contributed by atoms with Crippen LogP contribution in [0.5, 0.6) is 5.75 Å². The highest BCUT2D eigenvalue weighted by atomic mass is 16.3. The lowest BCUT2D eigenvalue weighted by Crippen LogP contribution is -2.01. The van der Waals surface area contributed by atoms with Crippen molar-refractivity contribution in [1.29, 1.82) is 0 Å². The Labute approximate surface area is 112 Å². The third-order valence-electron chi connectivity index (χ3n) is 2.96. The van der Waals surface area contributed by atoms with Gasteiger partial charge < -0.3 is 15.5 Å². The highest BCUT2D eigenvalue weighted by molar-refractivity contribution is 5.43. The second-order valence-corrected chi connectivity index (χ2v) is 4.49. The van der Waals surface area contributed by atoms with Gasteiger partial charge in [0.25, 0.3) is 0 Å². The number of benzene rings is 1. The molecule has 0 saturated heterocycles. The number of rotatable bonds is 5. The Kier molecular flexibility index (Phi) is 4.36. The molecule has 0 unspecified atom stereocenters. The van der Waals surface area contributed by atoms with Gasteiger partial charge >= 0.3 is 0 Å². The molecule has 19 heavy (non-hydrogen) atoms. The van der Waals surface area contributed by atoms with E-state index in [0.29, 0.717) is 18.7 Å². The average molecular weight is 258 g/mol. The second kappa shape index (κ2) is 6.20. The minimum atomic E-state index is 0.114. The molecule has 0 aliphatic heterocycles. The summed E-state index contributed by atoms with van der Waals surface area (Å²) < 4.78 is 0. The van der Waals surface area contributed by atoms with Crippen molar-refractivity contribution >= 4 is 5.69 Å². The Balaban J connectivity index is 1.96. The maximum atomic E-state index is 9.63. The number of anilines is 1. The van der Waals surface area contributed by atoms with Crippen molar-refractivity contribution in [2.24, 2.45) is 0 Å². The number of aliphatic hydroxyl groups is 1. The molecular weight excluding hydrogens is 240 g/mol. The zero-order valence-electron chi connectivity index (χ0n) is 10.9. The fraction of sp³-hybridized carbons (Fsp3) is 0.267. The number of phenolic OH excluding ortho intramolecular Hbond substituents is 1. The first-order valence-electron chi connectivity index (χ1n) is 6.27. The van der Waals surface area contributed by atoms with Crippen LogP contribution in [0.4, 0.5) is 5.69 Å². The first-order valence-corrected chi connectivity index (χ1v) is 6.27. The Bertz CT molecular complexity index is 538. The van der Waals surface area contributed by atoms with Crippen LogP contribution in [0.25, 0.3) is 0 Å². The summed E-state index contributed by atoms with van der Waals surface area (Å²) >= 11 is 0. The zero-order valence-corrected chi connectivity index (χ0v) is 10.9. The molecule has 0 radical (unpaired) electrons. The van der Waals surface area contributed by atoms with E-state index in [4.69, 9.17) is 5.11 Å². The fourth-order valence-electron chi connectivity index (χ4n) is 1.76. The molecule has 1 aromatic heterocycles. The van der Waals surface area contributed by atoms with Gasteiger partial charge in [0.1, 0.15) is 5.75 Å².